The number of esters is 1. The van der Waals surface area contributed by atoms with Gasteiger partial charge in [0, 0.05) is 17.3 Å². The van der Waals surface area contributed by atoms with E-state index in [2.05, 4.69) is 61.0 Å². The van der Waals surface area contributed by atoms with Crippen LogP contribution >= 0.6 is 0 Å². The number of methoxy groups -OCH3 is 1. The fraction of sp³-hybridized carbons (Fsp3) is 0.211. The Hall–Kier alpha value is -2.55. The average molecular weight is 293 g/mol. The zero-order valence-corrected chi connectivity index (χ0v) is 13.1. The average Bonchev–Trinajstić information content (AvgIpc) is 2.85. The lowest BCUT2D eigenvalue weighted by atomic mass is 10.1. The van der Waals surface area contributed by atoms with Crippen LogP contribution in [0, 0.1) is 13.8 Å². The molecular weight excluding hydrogens is 274 g/mol. The standard InChI is InChI=1S/C19H19NO2/c1-13-4-7-16(8-5-13)20-12-14(2)17-10-15(6-9-18(17)20)11-19(21)22-3/h4-10,12H,11H2,1-3H3. The quantitative estimate of drug-likeness (QED) is 0.684. The van der Waals surface area contributed by atoms with Gasteiger partial charge in [0.05, 0.1) is 19.0 Å². The first kappa shape index (κ1) is 14.4. The Bertz CT molecular complexity index is 829. The van der Waals surface area contributed by atoms with Crippen molar-refractivity contribution >= 4 is 16.9 Å². The summed E-state index contributed by atoms with van der Waals surface area (Å²) in [5.74, 6) is -0.213. The Kier molecular flexibility index (Phi) is 3.72. The fourth-order valence-corrected chi connectivity index (χ4v) is 2.71. The van der Waals surface area contributed by atoms with Gasteiger partial charge in [-0.1, -0.05) is 23.8 Å². The van der Waals surface area contributed by atoms with Crippen LogP contribution in [0.5, 0.6) is 0 Å². The maximum Gasteiger partial charge on any atom is 0.309 e. The van der Waals surface area contributed by atoms with Crippen molar-refractivity contribution < 1.29 is 9.53 Å². The minimum absolute atomic E-state index is 0.213. The van der Waals surface area contributed by atoms with Crippen molar-refractivity contribution in [3.05, 3.63) is 65.4 Å². The summed E-state index contributed by atoms with van der Waals surface area (Å²) < 4.78 is 6.92. The number of rotatable bonds is 3. The zero-order chi connectivity index (χ0) is 15.7. The van der Waals surface area contributed by atoms with Crippen molar-refractivity contribution in [3.8, 4) is 5.69 Å². The largest absolute Gasteiger partial charge is 0.469 e. The molecule has 3 aromatic rings. The van der Waals surface area contributed by atoms with Gasteiger partial charge in [-0.3, -0.25) is 4.79 Å². The predicted octanol–water partition coefficient (Wildman–Crippen LogP) is 3.96. The highest BCUT2D eigenvalue weighted by molar-refractivity contribution is 5.87. The van der Waals surface area contributed by atoms with Crippen molar-refractivity contribution in [3.63, 3.8) is 0 Å². The molecule has 0 aliphatic rings. The first-order chi connectivity index (χ1) is 10.6. The number of aryl methyl sites for hydroxylation is 2. The second-order valence-corrected chi connectivity index (χ2v) is 5.62. The van der Waals surface area contributed by atoms with Crippen LogP contribution in [0.3, 0.4) is 0 Å². The summed E-state index contributed by atoms with van der Waals surface area (Å²) in [4.78, 5) is 11.4. The van der Waals surface area contributed by atoms with E-state index < -0.39 is 0 Å². The lowest BCUT2D eigenvalue weighted by molar-refractivity contribution is -0.139. The molecule has 0 unspecified atom stereocenters. The normalized spacial score (nSPS) is 10.9. The Balaban J connectivity index is 2.07. The number of hydrogen-bond donors (Lipinski definition) is 0. The lowest BCUT2D eigenvalue weighted by Crippen LogP contribution is -2.04. The van der Waals surface area contributed by atoms with Crippen LogP contribution in [0.2, 0.25) is 0 Å². The molecule has 0 bridgehead atoms. The van der Waals surface area contributed by atoms with Gasteiger partial charge in [0.15, 0.2) is 0 Å². The number of carbonyl (C=O) groups is 1. The number of fused-ring (bicyclic) bond motifs is 1. The molecule has 22 heavy (non-hydrogen) atoms. The lowest BCUT2D eigenvalue weighted by Gasteiger charge is -2.07. The van der Waals surface area contributed by atoms with Crippen molar-refractivity contribution in [2.24, 2.45) is 0 Å². The highest BCUT2D eigenvalue weighted by Crippen LogP contribution is 2.26. The molecule has 0 amide bonds. The van der Waals surface area contributed by atoms with Crippen LogP contribution in [0.1, 0.15) is 16.7 Å². The van der Waals surface area contributed by atoms with E-state index in [4.69, 9.17) is 4.74 Å². The number of aromatic nitrogens is 1. The molecule has 0 saturated heterocycles. The smallest absolute Gasteiger partial charge is 0.309 e. The maximum atomic E-state index is 11.4. The molecule has 112 valence electrons. The van der Waals surface area contributed by atoms with Crippen molar-refractivity contribution in [1.82, 2.24) is 4.57 Å². The van der Waals surface area contributed by atoms with Crippen LogP contribution in [0.4, 0.5) is 0 Å². The molecule has 0 radical (unpaired) electrons. The van der Waals surface area contributed by atoms with Crippen LogP contribution in [-0.2, 0) is 16.0 Å². The van der Waals surface area contributed by atoms with Gasteiger partial charge < -0.3 is 9.30 Å². The third-order valence-corrected chi connectivity index (χ3v) is 3.96. The highest BCUT2D eigenvalue weighted by atomic mass is 16.5. The van der Waals surface area contributed by atoms with Crippen LogP contribution in [-0.4, -0.2) is 17.6 Å². The van der Waals surface area contributed by atoms with E-state index in [1.54, 1.807) is 0 Å². The van der Waals surface area contributed by atoms with E-state index in [9.17, 15) is 4.79 Å². The molecule has 0 aliphatic heterocycles. The number of carbonyl (C=O) groups excluding carboxylic acids is 1. The molecule has 1 aromatic heterocycles. The minimum atomic E-state index is -0.213. The number of benzene rings is 2. The van der Waals surface area contributed by atoms with E-state index in [1.807, 2.05) is 6.07 Å². The van der Waals surface area contributed by atoms with Crippen molar-refractivity contribution in [2.75, 3.05) is 7.11 Å². The summed E-state index contributed by atoms with van der Waals surface area (Å²) in [6.45, 7) is 4.18. The SMILES string of the molecule is COC(=O)Cc1ccc2c(c1)c(C)cn2-c1ccc(C)cc1. The van der Waals surface area contributed by atoms with Gasteiger partial charge in [-0.2, -0.15) is 0 Å². The molecule has 0 spiro atoms. The van der Waals surface area contributed by atoms with Crippen molar-refractivity contribution in [1.29, 1.82) is 0 Å². The Morgan fingerprint density at radius 2 is 1.82 bits per heavy atom. The topological polar surface area (TPSA) is 31.2 Å². The highest BCUT2D eigenvalue weighted by Gasteiger charge is 2.10. The Morgan fingerprint density at radius 1 is 1.09 bits per heavy atom. The van der Waals surface area contributed by atoms with Gasteiger partial charge in [0.25, 0.3) is 0 Å². The molecule has 3 rings (SSSR count). The number of hydrogen-bond acceptors (Lipinski definition) is 2. The summed E-state index contributed by atoms with van der Waals surface area (Å²) in [6, 6.07) is 14.6. The monoisotopic (exact) mass is 293 g/mol. The van der Waals surface area contributed by atoms with E-state index in [0.717, 1.165) is 16.8 Å². The van der Waals surface area contributed by atoms with Crippen molar-refractivity contribution in [2.45, 2.75) is 20.3 Å². The van der Waals surface area contributed by atoms with Gasteiger partial charge >= 0.3 is 5.97 Å². The zero-order valence-electron chi connectivity index (χ0n) is 13.1. The molecule has 0 aliphatic carbocycles. The molecular formula is C19H19NO2. The molecule has 0 fully saturated rings. The van der Waals surface area contributed by atoms with Gasteiger partial charge in [-0.25, -0.2) is 0 Å². The third-order valence-electron chi connectivity index (χ3n) is 3.96. The van der Waals surface area contributed by atoms with E-state index >= 15 is 0 Å². The Morgan fingerprint density at radius 3 is 2.50 bits per heavy atom. The number of nitrogens with zero attached hydrogens (tertiary/aromatic N) is 1. The van der Waals surface area contributed by atoms with Crippen LogP contribution in [0.15, 0.2) is 48.7 Å². The molecule has 3 heteroatoms. The van der Waals surface area contributed by atoms with E-state index in [1.165, 1.54) is 23.6 Å². The molecule has 2 aromatic carbocycles. The first-order valence-corrected chi connectivity index (χ1v) is 7.33. The van der Waals surface area contributed by atoms with E-state index in [-0.39, 0.29) is 5.97 Å². The van der Waals surface area contributed by atoms with Gasteiger partial charge in [-0.15, -0.1) is 0 Å². The molecule has 0 atom stereocenters. The summed E-state index contributed by atoms with van der Waals surface area (Å²) in [7, 11) is 1.42. The number of ether oxygens (including phenoxy) is 1. The van der Waals surface area contributed by atoms with Crippen LogP contribution < -0.4 is 0 Å². The summed E-state index contributed by atoms with van der Waals surface area (Å²) in [5, 5.41) is 1.17. The van der Waals surface area contributed by atoms with Gasteiger partial charge in [0.2, 0.25) is 0 Å². The third kappa shape index (κ3) is 2.62. The Labute approximate surface area is 130 Å². The maximum absolute atomic E-state index is 11.4. The second kappa shape index (κ2) is 5.68. The molecule has 1 heterocycles. The summed E-state index contributed by atoms with van der Waals surface area (Å²) >= 11 is 0. The summed E-state index contributed by atoms with van der Waals surface area (Å²) in [6.07, 6.45) is 2.44. The van der Waals surface area contributed by atoms with Crippen LogP contribution in [0.25, 0.3) is 16.6 Å². The molecule has 0 saturated carbocycles. The van der Waals surface area contributed by atoms with Gasteiger partial charge in [0.1, 0.15) is 0 Å². The van der Waals surface area contributed by atoms with E-state index in [0.29, 0.717) is 6.42 Å². The second-order valence-electron chi connectivity index (χ2n) is 5.62. The van der Waals surface area contributed by atoms with Gasteiger partial charge in [-0.05, 0) is 49.2 Å². The molecule has 0 N–H and O–H groups in total. The minimum Gasteiger partial charge on any atom is -0.469 e. The fourth-order valence-electron chi connectivity index (χ4n) is 2.71. The summed E-state index contributed by atoms with van der Waals surface area (Å²) in [5.41, 5.74) is 5.71. The molecule has 3 nitrogen and oxygen atoms in total. The predicted molar refractivity (Wildman–Crippen MR) is 88.5 cm³/mol. The first-order valence-electron chi connectivity index (χ1n) is 7.33.